The zero-order valence-corrected chi connectivity index (χ0v) is 16.4. The Hall–Kier alpha value is -2.55. The SMILES string of the molecule is O=C(c1cc(C(F)(F)F)cc(C(F)(F)F)c1)N1CCN(C2CC2)CC1c1ccccc1. The van der Waals surface area contributed by atoms with Crippen molar-refractivity contribution in [1.29, 1.82) is 0 Å². The van der Waals surface area contributed by atoms with Crippen LogP contribution >= 0.6 is 0 Å². The van der Waals surface area contributed by atoms with Crippen molar-refractivity contribution in [3.05, 3.63) is 70.8 Å². The number of carbonyl (C=O) groups excluding carboxylic acids is 1. The first-order valence-corrected chi connectivity index (χ1v) is 9.93. The number of halogens is 6. The van der Waals surface area contributed by atoms with Gasteiger partial charge < -0.3 is 4.90 Å². The average Bonchev–Trinajstić information content (AvgIpc) is 3.57. The average molecular weight is 442 g/mol. The van der Waals surface area contributed by atoms with Gasteiger partial charge in [0.05, 0.1) is 17.2 Å². The minimum Gasteiger partial charge on any atom is -0.329 e. The molecule has 3 nitrogen and oxygen atoms in total. The summed E-state index contributed by atoms with van der Waals surface area (Å²) >= 11 is 0. The Morgan fingerprint density at radius 3 is 1.94 bits per heavy atom. The molecule has 0 bridgehead atoms. The van der Waals surface area contributed by atoms with Crippen LogP contribution in [0.25, 0.3) is 0 Å². The molecule has 1 atom stereocenters. The summed E-state index contributed by atoms with van der Waals surface area (Å²) in [5, 5.41) is 0. The lowest BCUT2D eigenvalue weighted by atomic mass is 9.99. The topological polar surface area (TPSA) is 23.6 Å². The first-order valence-electron chi connectivity index (χ1n) is 9.93. The Morgan fingerprint density at radius 2 is 1.42 bits per heavy atom. The highest BCUT2D eigenvalue weighted by Crippen LogP contribution is 2.38. The van der Waals surface area contributed by atoms with Gasteiger partial charge in [0.15, 0.2) is 0 Å². The maximum atomic E-state index is 13.2. The van der Waals surface area contributed by atoms with Crippen LogP contribution in [0.3, 0.4) is 0 Å². The highest BCUT2D eigenvalue weighted by Gasteiger charge is 2.41. The largest absolute Gasteiger partial charge is 0.416 e. The van der Waals surface area contributed by atoms with Crippen LogP contribution in [0.15, 0.2) is 48.5 Å². The summed E-state index contributed by atoms with van der Waals surface area (Å²) in [6.07, 6.45) is -7.89. The van der Waals surface area contributed by atoms with Gasteiger partial charge in [0, 0.05) is 31.2 Å². The summed E-state index contributed by atoms with van der Waals surface area (Å²) < 4.78 is 79.4. The Labute approximate surface area is 175 Å². The number of alkyl halides is 6. The number of hydrogen-bond donors (Lipinski definition) is 0. The van der Waals surface area contributed by atoms with Crippen molar-refractivity contribution in [2.45, 2.75) is 37.3 Å². The second-order valence-corrected chi connectivity index (χ2v) is 7.95. The summed E-state index contributed by atoms with van der Waals surface area (Å²) in [5.74, 6) is -0.832. The molecule has 1 aliphatic carbocycles. The van der Waals surface area contributed by atoms with Crippen LogP contribution < -0.4 is 0 Å². The molecule has 2 aromatic rings. The van der Waals surface area contributed by atoms with Gasteiger partial charge in [-0.1, -0.05) is 30.3 Å². The first-order chi connectivity index (χ1) is 14.5. The molecule has 4 rings (SSSR count). The van der Waals surface area contributed by atoms with Crippen LogP contribution in [-0.4, -0.2) is 41.4 Å². The zero-order chi connectivity index (χ0) is 22.4. The van der Waals surface area contributed by atoms with E-state index in [0.717, 1.165) is 18.4 Å². The van der Waals surface area contributed by atoms with Crippen molar-refractivity contribution in [2.75, 3.05) is 19.6 Å². The normalized spacial score (nSPS) is 20.7. The molecule has 1 saturated heterocycles. The molecule has 9 heteroatoms. The standard InChI is InChI=1S/C22H20F6N2O/c23-21(24,25)16-10-15(11-17(12-16)22(26,27)28)20(31)30-9-8-29(18-6-7-18)13-19(30)14-4-2-1-3-5-14/h1-5,10-12,18-19H,6-9,13H2. The third-order valence-electron chi connectivity index (χ3n) is 5.75. The minimum atomic E-state index is -5.00. The van der Waals surface area contributed by atoms with Crippen molar-refractivity contribution in [1.82, 2.24) is 9.80 Å². The van der Waals surface area contributed by atoms with E-state index in [1.165, 1.54) is 4.90 Å². The van der Waals surface area contributed by atoms with E-state index >= 15 is 0 Å². The second kappa shape index (κ2) is 7.85. The van der Waals surface area contributed by atoms with E-state index in [9.17, 15) is 31.1 Å². The van der Waals surface area contributed by atoms with E-state index in [-0.39, 0.29) is 12.6 Å². The fourth-order valence-corrected chi connectivity index (χ4v) is 4.02. The van der Waals surface area contributed by atoms with Crippen LogP contribution in [0, 0.1) is 0 Å². The van der Waals surface area contributed by atoms with Crippen molar-refractivity contribution >= 4 is 5.91 Å². The van der Waals surface area contributed by atoms with E-state index in [4.69, 9.17) is 0 Å². The molecular formula is C22H20F6N2O. The van der Waals surface area contributed by atoms with Gasteiger partial charge in [0.25, 0.3) is 5.91 Å². The highest BCUT2D eigenvalue weighted by atomic mass is 19.4. The number of nitrogens with zero attached hydrogens (tertiary/aromatic N) is 2. The van der Waals surface area contributed by atoms with Crippen LogP contribution in [-0.2, 0) is 12.4 Å². The fraction of sp³-hybridized carbons (Fsp3) is 0.409. The number of piperazine rings is 1. The van der Waals surface area contributed by atoms with E-state index in [0.29, 0.717) is 31.3 Å². The molecule has 2 aromatic carbocycles. The summed E-state index contributed by atoms with van der Waals surface area (Å²) in [6, 6.07) is 10.0. The van der Waals surface area contributed by atoms with Gasteiger partial charge in [0.1, 0.15) is 0 Å². The molecule has 0 aromatic heterocycles. The van der Waals surface area contributed by atoms with Gasteiger partial charge in [-0.15, -0.1) is 0 Å². The second-order valence-electron chi connectivity index (χ2n) is 7.95. The van der Waals surface area contributed by atoms with Gasteiger partial charge in [-0.05, 0) is 36.6 Å². The van der Waals surface area contributed by atoms with E-state index in [2.05, 4.69) is 4.90 Å². The van der Waals surface area contributed by atoms with Crippen molar-refractivity contribution in [2.24, 2.45) is 0 Å². The number of benzene rings is 2. The lowest BCUT2D eigenvalue weighted by Gasteiger charge is -2.42. The quantitative estimate of drug-likeness (QED) is 0.596. The molecule has 0 spiro atoms. The number of carbonyl (C=O) groups is 1. The molecule has 0 radical (unpaired) electrons. The third-order valence-corrected chi connectivity index (χ3v) is 5.75. The van der Waals surface area contributed by atoms with Crippen molar-refractivity contribution in [3.63, 3.8) is 0 Å². The molecule has 1 unspecified atom stereocenters. The predicted octanol–water partition coefficient (Wildman–Crippen LogP) is 5.39. The van der Waals surface area contributed by atoms with Crippen LogP contribution in [0.1, 0.15) is 45.9 Å². The lowest BCUT2D eigenvalue weighted by molar-refractivity contribution is -0.143. The molecule has 1 heterocycles. The summed E-state index contributed by atoms with van der Waals surface area (Å²) in [6.45, 7) is 1.25. The number of rotatable bonds is 3. The van der Waals surface area contributed by atoms with E-state index < -0.39 is 41.0 Å². The van der Waals surface area contributed by atoms with Crippen molar-refractivity contribution < 1.29 is 31.1 Å². The number of amides is 1. The Balaban J connectivity index is 1.71. The summed E-state index contributed by atoms with van der Waals surface area (Å²) in [4.78, 5) is 16.8. The maximum Gasteiger partial charge on any atom is 0.416 e. The fourth-order valence-electron chi connectivity index (χ4n) is 4.02. The Morgan fingerprint density at radius 1 is 0.839 bits per heavy atom. The summed E-state index contributed by atoms with van der Waals surface area (Å²) in [7, 11) is 0. The molecule has 0 N–H and O–H groups in total. The maximum absolute atomic E-state index is 13.2. The highest BCUT2D eigenvalue weighted by molar-refractivity contribution is 5.95. The summed E-state index contributed by atoms with van der Waals surface area (Å²) in [5.41, 5.74) is -2.79. The van der Waals surface area contributed by atoms with E-state index in [1.54, 1.807) is 18.2 Å². The molecule has 2 fully saturated rings. The van der Waals surface area contributed by atoms with Crippen LogP contribution in [0.4, 0.5) is 26.3 Å². The molecule has 31 heavy (non-hydrogen) atoms. The van der Waals surface area contributed by atoms with Gasteiger partial charge >= 0.3 is 12.4 Å². The van der Waals surface area contributed by atoms with Gasteiger partial charge in [-0.2, -0.15) is 26.3 Å². The molecule has 166 valence electrons. The zero-order valence-electron chi connectivity index (χ0n) is 16.4. The van der Waals surface area contributed by atoms with Gasteiger partial charge in [-0.3, -0.25) is 9.69 Å². The van der Waals surface area contributed by atoms with E-state index in [1.807, 2.05) is 12.1 Å². The predicted molar refractivity (Wildman–Crippen MR) is 101 cm³/mol. The smallest absolute Gasteiger partial charge is 0.329 e. The third kappa shape index (κ3) is 4.71. The molecular weight excluding hydrogens is 422 g/mol. The monoisotopic (exact) mass is 442 g/mol. The molecule has 2 aliphatic rings. The minimum absolute atomic E-state index is 0.0382. The molecule has 1 saturated carbocycles. The first kappa shape index (κ1) is 21.7. The lowest BCUT2D eigenvalue weighted by Crippen LogP contribution is -2.51. The van der Waals surface area contributed by atoms with Crippen LogP contribution in [0.2, 0.25) is 0 Å². The molecule has 1 aliphatic heterocycles. The van der Waals surface area contributed by atoms with Gasteiger partial charge in [-0.25, -0.2) is 0 Å². The Bertz CT molecular complexity index is 920. The number of hydrogen-bond acceptors (Lipinski definition) is 2. The molecule has 1 amide bonds. The van der Waals surface area contributed by atoms with Gasteiger partial charge in [0.2, 0.25) is 0 Å². The van der Waals surface area contributed by atoms with Crippen LogP contribution in [0.5, 0.6) is 0 Å². The van der Waals surface area contributed by atoms with Crippen molar-refractivity contribution in [3.8, 4) is 0 Å². The Kier molecular flexibility index (Phi) is 5.49.